The third-order valence-corrected chi connectivity index (χ3v) is 3.08. The smallest absolute Gasteiger partial charge is 0.167 e. The first-order valence-electron chi connectivity index (χ1n) is 5.58. The number of rotatable bonds is 2. The van der Waals surface area contributed by atoms with Gasteiger partial charge in [0.1, 0.15) is 24.2 Å². The molecule has 0 saturated carbocycles. The van der Waals surface area contributed by atoms with Crippen molar-refractivity contribution >= 4 is 44.3 Å². The number of nitrogen functional groups attached to an aromatic ring is 1. The van der Waals surface area contributed by atoms with Gasteiger partial charge >= 0.3 is 0 Å². The molecule has 0 bridgehead atoms. The van der Waals surface area contributed by atoms with Gasteiger partial charge in [0.2, 0.25) is 0 Å². The van der Waals surface area contributed by atoms with Gasteiger partial charge in [0.25, 0.3) is 0 Å². The number of fused-ring (bicyclic) bond motifs is 1. The molecule has 0 aliphatic carbocycles. The molecule has 1 saturated heterocycles. The molecule has 1 aliphatic rings. The van der Waals surface area contributed by atoms with Crippen LogP contribution in [0.3, 0.4) is 0 Å². The Morgan fingerprint density at radius 3 is 2.89 bits per heavy atom. The van der Waals surface area contributed by atoms with Crippen molar-refractivity contribution in [2.45, 2.75) is 24.9 Å². The summed E-state index contributed by atoms with van der Waals surface area (Å²) in [5, 5.41) is 18.8. The molecule has 3 heterocycles. The fourth-order valence-corrected chi connectivity index (χ4v) is 2.13. The Hall–Kier alpha value is -0.848. The summed E-state index contributed by atoms with van der Waals surface area (Å²) in [6.07, 6.45) is 1.60. The molecule has 0 unspecified atom stereocenters. The standard InChI is InChI=1S/C10H13N5O3.Pb/c11-9-8-10(13-3-12-9)15(4-14-8)7-1-5(17)6(2-16)18-7;/h3-7,16-17H,1-2H2,(H2,11,12,13);/t5-,6+,7+;/m0./s1. The molecule has 19 heavy (non-hydrogen) atoms. The predicted molar refractivity (Wildman–Crippen MR) is 67.1 cm³/mol. The zero-order chi connectivity index (χ0) is 12.7. The molecule has 4 radical (unpaired) electrons. The first kappa shape index (κ1) is 14.6. The van der Waals surface area contributed by atoms with Crippen LogP contribution in [0.5, 0.6) is 0 Å². The molecule has 8 nitrogen and oxygen atoms in total. The van der Waals surface area contributed by atoms with Gasteiger partial charge < -0.3 is 20.7 Å². The minimum Gasteiger partial charge on any atom is -0.394 e. The van der Waals surface area contributed by atoms with Gasteiger partial charge in [-0.3, -0.25) is 4.57 Å². The zero-order valence-electron chi connectivity index (χ0n) is 9.97. The Morgan fingerprint density at radius 1 is 1.42 bits per heavy atom. The molecule has 3 rings (SSSR count). The van der Waals surface area contributed by atoms with E-state index < -0.39 is 18.4 Å². The third kappa shape index (κ3) is 2.44. The summed E-state index contributed by atoms with van der Waals surface area (Å²) < 4.78 is 7.22. The van der Waals surface area contributed by atoms with Crippen molar-refractivity contribution in [3.63, 3.8) is 0 Å². The van der Waals surface area contributed by atoms with Gasteiger partial charge in [-0.25, -0.2) is 15.0 Å². The fourth-order valence-electron chi connectivity index (χ4n) is 2.13. The Bertz CT molecular complexity index is 577. The molecule has 1 aliphatic heterocycles. The summed E-state index contributed by atoms with van der Waals surface area (Å²) >= 11 is 0. The van der Waals surface area contributed by atoms with Crippen LogP contribution in [0.25, 0.3) is 11.2 Å². The number of hydrogen-bond donors (Lipinski definition) is 3. The van der Waals surface area contributed by atoms with Crippen LogP contribution < -0.4 is 5.73 Å². The van der Waals surface area contributed by atoms with Gasteiger partial charge in [0, 0.05) is 33.7 Å². The molecule has 1 fully saturated rings. The number of anilines is 1. The second-order valence-corrected chi connectivity index (χ2v) is 4.20. The summed E-state index contributed by atoms with van der Waals surface area (Å²) in [4.78, 5) is 12.1. The topological polar surface area (TPSA) is 119 Å². The molecule has 0 amide bonds. The van der Waals surface area contributed by atoms with Crippen LogP contribution in [0.1, 0.15) is 12.6 Å². The van der Waals surface area contributed by atoms with Crippen LogP contribution in [0, 0.1) is 0 Å². The van der Waals surface area contributed by atoms with E-state index in [1.165, 1.54) is 6.33 Å². The Labute approximate surface area is 128 Å². The second kappa shape index (κ2) is 5.65. The minimum atomic E-state index is -0.698. The van der Waals surface area contributed by atoms with E-state index >= 15 is 0 Å². The Balaban J connectivity index is 0.00000133. The second-order valence-electron chi connectivity index (χ2n) is 4.20. The van der Waals surface area contributed by atoms with Gasteiger partial charge in [-0.05, 0) is 0 Å². The van der Waals surface area contributed by atoms with Crippen LogP contribution in [0.4, 0.5) is 5.82 Å². The van der Waals surface area contributed by atoms with E-state index in [1.807, 2.05) is 0 Å². The summed E-state index contributed by atoms with van der Waals surface area (Å²) in [6, 6.07) is 0. The SMILES string of the molecule is Nc1ncnc2c1ncn2[C@H]1C[C@H](O)[C@@H](CO)O1.[Pb]. The number of aliphatic hydroxyl groups is 2. The number of hydrogen-bond acceptors (Lipinski definition) is 7. The molecule has 4 N–H and O–H groups in total. The molecule has 100 valence electrons. The van der Waals surface area contributed by atoms with Gasteiger partial charge in [-0.1, -0.05) is 0 Å². The van der Waals surface area contributed by atoms with Crippen LogP contribution >= 0.6 is 0 Å². The molecule has 0 spiro atoms. The average molecular weight is 458 g/mol. The molecule has 2 aromatic rings. The van der Waals surface area contributed by atoms with E-state index in [9.17, 15) is 5.11 Å². The Kier molecular flexibility index (Phi) is 4.33. The van der Waals surface area contributed by atoms with Crippen LogP contribution in [0.2, 0.25) is 0 Å². The summed E-state index contributed by atoms with van der Waals surface area (Å²) in [5.74, 6) is 0.302. The molecular weight excluding hydrogens is 445 g/mol. The Morgan fingerprint density at radius 2 is 2.21 bits per heavy atom. The van der Waals surface area contributed by atoms with Crippen molar-refractivity contribution in [2.75, 3.05) is 12.3 Å². The maximum atomic E-state index is 9.71. The average Bonchev–Trinajstić information content (AvgIpc) is 2.93. The number of imidazole rings is 1. The maximum Gasteiger partial charge on any atom is 0.167 e. The van der Waals surface area contributed by atoms with Gasteiger partial charge in [0.05, 0.1) is 19.0 Å². The number of aliphatic hydroxyl groups excluding tert-OH is 2. The van der Waals surface area contributed by atoms with Gasteiger partial charge in [-0.15, -0.1) is 0 Å². The van der Waals surface area contributed by atoms with Gasteiger partial charge in [0.15, 0.2) is 11.5 Å². The summed E-state index contributed by atoms with van der Waals surface area (Å²) in [6.45, 7) is -0.221. The summed E-state index contributed by atoms with van der Waals surface area (Å²) in [5.41, 5.74) is 6.75. The number of aromatic nitrogens is 4. The van der Waals surface area contributed by atoms with Crippen LogP contribution in [-0.4, -0.2) is 75.8 Å². The van der Waals surface area contributed by atoms with Crippen molar-refractivity contribution < 1.29 is 14.9 Å². The van der Waals surface area contributed by atoms with E-state index in [0.29, 0.717) is 23.4 Å². The van der Waals surface area contributed by atoms with Crippen molar-refractivity contribution in [2.24, 2.45) is 0 Å². The molecule has 2 aromatic heterocycles. The van der Waals surface area contributed by atoms with Crippen LogP contribution in [0.15, 0.2) is 12.7 Å². The predicted octanol–water partition coefficient (Wildman–Crippen LogP) is -1.33. The monoisotopic (exact) mass is 459 g/mol. The quantitative estimate of drug-likeness (QED) is 0.477. The number of nitrogens with two attached hydrogens (primary N) is 1. The van der Waals surface area contributed by atoms with E-state index in [2.05, 4.69) is 15.0 Å². The van der Waals surface area contributed by atoms with Crippen molar-refractivity contribution in [3.05, 3.63) is 12.7 Å². The third-order valence-electron chi connectivity index (χ3n) is 3.08. The maximum absolute atomic E-state index is 9.71. The van der Waals surface area contributed by atoms with Crippen molar-refractivity contribution in [3.8, 4) is 0 Å². The van der Waals surface area contributed by atoms with E-state index in [-0.39, 0.29) is 33.9 Å². The first-order valence-corrected chi connectivity index (χ1v) is 5.58. The largest absolute Gasteiger partial charge is 0.394 e. The normalized spacial score (nSPS) is 26.5. The molecular formula is C10H13N5O3Pb. The number of ether oxygens (including phenoxy) is 1. The first-order chi connectivity index (χ1) is 8.70. The van der Waals surface area contributed by atoms with E-state index in [1.54, 1.807) is 10.9 Å². The van der Waals surface area contributed by atoms with E-state index in [4.69, 9.17) is 15.6 Å². The molecule has 3 atom stereocenters. The van der Waals surface area contributed by atoms with Crippen molar-refractivity contribution in [1.29, 1.82) is 0 Å². The molecule has 9 heteroatoms. The zero-order valence-corrected chi connectivity index (χ0v) is 13.9. The van der Waals surface area contributed by atoms with E-state index in [0.717, 1.165) is 0 Å². The number of nitrogens with zero attached hydrogens (tertiary/aromatic N) is 4. The van der Waals surface area contributed by atoms with Gasteiger partial charge in [-0.2, -0.15) is 0 Å². The molecule has 0 aromatic carbocycles. The van der Waals surface area contributed by atoms with Crippen LogP contribution in [-0.2, 0) is 4.74 Å². The summed E-state index contributed by atoms with van der Waals surface area (Å²) in [7, 11) is 0. The minimum absolute atomic E-state index is 0. The van der Waals surface area contributed by atoms with Crippen molar-refractivity contribution in [1.82, 2.24) is 19.5 Å². The fraction of sp³-hybridized carbons (Fsp3) is 0.500.